The first-order chi connectivity index (χ1) is 17.0. The van der Waals surface area contributed by atoms with E-state index in [-0.39, 0.29) is 17.8 Å². The maximum absolute atomic E-state index is 13.8. The number of amides is 1. The smallest absolute Gasteiger partial charge is 0.222 e. The summed E-state index contributed by atoms with van der Waals surface area (Å²) in [5.41, 5.74) is 1.12. The Labute approximate surface area is 206 Å². The third kappa shape index (κ3) is 6.13. The fraction of sp³-hybridized carbons (Fsp3) is 0.692. The van der Waals surface area contributed by atoms with E-state index in [2.05, 4.69) is 20.3 Å². The topological polar surface area (TPSA) is 80.1 Å². The van der Waals surface area contributed by atoms with Gasteiger partial charge in [-0.2, -0.15) is 0 Å². The van der Waals surface area contributed by atoms with Crippen LogP contribution in [0.25, 0.3) is 11.0 Å². The fourth-order valence-electron chi connectivity index (χ4n) is 5.57. The van der Waals surface area contributed by atoms with Crippen LogP contribution in [0, 0.1) is 18.7 Å². The van der Waals surface area contributed by atoms with Crippen LogP contribution in [0.5, 0.6) is 0 Å². The first kappa shape index (κ1) is 24.5. The van der Waals surface area contributed by atoms with Crippen molar-refractivity contribution in [3.8, 4) is 0 Å². The standard InChI is InChI=1S/C26H37FN4O4/c1-18-14-22-24(16-23(18)27)35-29-26(22)31-10-8-30(9-11-31)7-6-19-2-4-20(5-3-19)28-25(32)15-21-17-33-12-13-34-21/h14,16,19-21H,2-13,15,17H2,1H3,(H,28,32)/t19?,20?,21-/m1/s1. The second-order valence-corrected chi connectivity index (χ2v) is 10.3. The molecule has 1 amide bonds. The number of ether oxygens (including phenoxy) is 2. The molecule has 3 aliphatic rings. The van der Waals surface area contributed by atoms with Gasteiger partial charge in [0.1, 0.15) is 5.82 Å². The molecule has 1 aromatic carbocycles. The Morgan fingerprint density at radius 2 is 1.94 bits per heavy atom. The number of carbonyl (C=O) groups is 1. The highest BCUT2D eigenvalue weighted by Crippen LogP contribution is 2.30. The number of aromatic nitrogens is 1. The number of nitrogens with zero attached hydrogens (tertiary/aromatic N) is 3. The molecule has 2 aromatic rings. The minimum atomic E-state index is -0.259. The van der Waals surface area contributed by atoms with Crippen molar-refractivity contribution >= 4 is 22.7 Å². The van der Waals surface area contributed by atoms with E-state index in [0.29, 0.717) is 43.4 Å². The van der Waals surface area contributed by atoms with Crippen molar-refractivity contribution in [2.24, 2.45) is 5.92 Å². The Morgan fingerprint density at radius 1 is 1.14 bits per heavy atom. The van der Waals surface area contributed by atoms with Gasteiger partial charge in [-0.3, -0.25) is 9.69 Å². The van der Waals surface area contributed by atoms with Crippen molar-refractivity contribution in [2.45, 2.75) is 57.6 Å². The van der Waals surface area contributed by atoms with E-state index in [0.717, 1.165) is 62.7 Å². The molecule has 1 aliphatic carbocycles. The van der Waals surface area contributed by atoms with E-state index in [9.17, 15) is 9.18 Å². The highest BCUT2D eigenvalue weighted by molar-refractivity contribution is 5.89. The van der Waals surface area contributed by atoms with Gasteiger partial charge in [0.05, 0.1) is 37.7 Å². The Hall–Kier alpha value is -2.23. The summed E-state index contributed by atoms with van der Waals surface area (Å²) in [5, 5.41) is 8.32. The summed E-state index contributed by atoms with van der Waals surface area (Å²) in [7, 11) is 0. The second kappa shape index (κ2) is 11.2. The van der Waals surface area contributed by atoms with Gasteiger partial charge in [-0.25, -0.2) is 4.39 Å². The summed E-state index contributed by atoms with van der Waals surface area (Å²) in [6.07, 6.45) is 5.97. The Balaban J connectivity index is 1.00. The average Bonchev–Trinajstić information content (AvgIpc) is 3.27. The molecule has 1 saturated carbocycles. The molecule has 0 bridgehead atoms. The number of hydrogen-bond acceptors (Lipinski definition) is 7. The predicted octanol–water partition coefficient (Wildman–Crippen LogP) is 3.27. The van der Waals surface area contributed by atoms with Crippen LogP contribution in [0.2, 0.25) is 0 Å². The van der Waals surface area contributed by atoms with Crippen molar-refractivity contribution in [3.05, 3.63) is 23.5 Å². The van der Waals surface area contributed by atoms with Gasteiger partial charge in [-0.15, -0.1) is 0 Å². The van der Waals surface area contributed by atoms with Gasteiger partial charge >= 0.3 is 0 Å². The maximum atomic E-state index is 13.8. The first-order valence-electron chi connectivity index (χ1n) is 13.1. The summed E-state index contributed by atoms with van der Waals surface area (Å²) in [5.74, 6) is 1.38. The van der Waals surface area contributed by atoms with Gasteiger partial charge in [0.2, 0.25) is 5.91 Å². The van der Waals surface area contributed by atoms with Crippen molar-refractivity contribution in [1.29, 1.82) is 0 Å². The molecule has 3 heterocycles. The molecular formula is C26H37FN4O4. The maximum Gasteiger partial charge on any atom is 0.222 e. The van der Waals surface area contributed by atoms with Crippen molar-refractivity contribution in [1.82, 2.24) is 15.4 Å². The minimum absolute atomic E-state index is 0.0852. The zero-order chi connectivity index (χ0) is 24.2. The lowest BCUT2D eigenvalue weighted by Gasteiger charge is -2.36. The Kier molecular flexibility index (Phi) is 7.84. The number of aryl methyl sites for hydroxylation is 1. The van der Waals surface area contributed by atoms with Crippen LogP contribution in [0.3, 0.4) is 0 Å². The zero-order valence-corrected chi connectivity index (χ0v) is 20.6. The quantitative estimate of drug-likeness (QED) is 0.641. The van der Waals surface area contributed by atoms with Crippen molar-refractivity contribution < 1.29 is 23.2 Å². The average molecular weight is 489 g/mol. The van der Waals surface area contributed by atoms with E-state index in [1.165, 1.54) is 25.3 Å². The first-order valence-corrected chi connectivity index (χ1v) is 13.1. The van der Waals surface area contributed by atoms with Crippen LogP contribution in [0.1, 0.15) is 44.1 Å². The van der Waals surface area contributed by atoms with Crippen LogP contribution in [-0.2, 0) is 14.3 Å². The van der Waals surface area contributed by atoms with Gasteiger partial charge in [0.25, 0.3) is 0 Å². The lowest BCUT2D eigenvalue weighted by Crippen LogP contribution is -2.47. The van der Waals surface area contributed by atoms with E-state index >= 15 is 0 Å². The molecule has 192 valence electrons. The number of piperazine rings is 1. The van der Waals surface area contributed by atoms with Gasteiger partial charge in [0, 0.05) is 38.3 Å². The number of halogens is 1. The van der Waals surface area contributed by atoms with Crippen molar-refractivity contribution in [3.63, 3.8) is 0 Å². The van der Waals surface area contributed by atoms with Crippen LogP contribution in [0.4, 0.5) is 10.2 Å². The highest BCUT2D eigenvalue weighted by Gasteiger charge is 2.26. The SMILES string of the molecule is Cc1cc2c(N3CCN(CCC4CCC(NC(=O)C[C@@H]5COCCO5)CC4)CC3)noc2cc1F. The molecule has 1 N–H and O–H groups in total. The number of carbonyl (C=O) groups excluding carboxylic acids is 1. The number of fused-ring (bicyclic) bond motifs is 1. The Morgan fingerprint density at radius 3 is 2.69 bits per heavy atom. The normalized spacial score (nSPS) is 26.2. The molecule has 2 aliphatic heterocycles. The minimum Gasteiger partial charge on any atom is -0.376 e. The monoisotopic (exact) mass is 488 g/mol. The largest absolute Gasteiger partial charge is 0.376 e. The summed E-state index contributed by atoms with van der Waals surface area (Å²) in [6, 6.07) is 3.55. The molecule has 1 aromatic heterocycles. The molecule has 2 saturated heterocycles. The molecule has 35 heavy (non-hydrogen) atoms. The van der Waals surface area contributed by atoms with Gasteiger partial charge in [0.15, 0.2) is 11.4 Å². The second-order valence-electron chi connectivity index (χ2n) is 10.3. The number of nitrogens with one attached hydrogen (secondary N) is 1. The predicted molar refractivity (Wildman–Crippen MR) is 131 cm³/mol. The highest BCUT2D eigenvalue weighted by atomic mass is 19.1. The molecule has 8 nitrogen and oxygen atoms in total. The summed E-state index contributed by atoms with van der Waals surface area (Å²) in [6.45, 7) is 8.38. The van der Waals surface area contributed by atoms with Crippen LogP contribution < -0.4 is 10.2 Å². The van der Waals surface area contributed by atoms with Crippen LogP contribution >= 0.6 is 0 Å². The number of anilines is 1. The summed E-state index contributed by atoms with van der Waals surface area (Å²) >= 11 is 0. The van der Waals surface area contributed by atoms with Gasteiger partial charge in [-0.05, 0) is 63.1 Å². The molecular weight excluding hydrogens is 451 g/mol. The van der Waals surface area contributed by atoms with E-state index in [1.807, 2.05) is 6.07 Å². The molecule has 3 fully saturated rings. The summed E-state index contributed by atoms with van der Waals surface area (Å²) < 4.78 is 30.2. The number of hydrogen-bond donors (Lipinski definition) is 1. The van der Waals surface area contributed by atoms with E-state index in [4.69, 9.17) is 14.0 Å². The number of benzene rings is 1. The third-order valence-corrected chi connectivity index (χ3v) is 7.77. The fourth-order valence-corrected chi connectivity index (χ4v) is 5.57. The van der Waals surface area contributed by atoms with Crippen LogP contribution in [0.15, 0.2) is 16.7 Å². The Bertz CT molecular complexity index is 993. The van der Waals surface area contributed by atoms with E-state index in [1.54, 1.807) is 6.92 Å². The zero-order valence-electron chi connectivity index (χ0n) is 20.6. The molecule has 0 spiro atoms. The lowest BCUT2D eigenvalue weighted by atomic mass is 9.84. The third-order valence-electron chi connectivity index (χ3n) is 7.77. The molecule has 5 rings (SSSR count). The number of rotatable bonds is 7. The van der Waals surface area contributed by atoms with Gasteiger partial charge < -0.3 is 24.2 Å². The van der Waals surface area contributed by atoms with Gasteiger partial charge in [-0.1, -0.05) is 5.16 Å². The van der Waals surface area contributed by atoms with Crippen LogP contribution in [-0.4, -0.2) is 80.7 Å². The van der Waals surface area contributed by atoms with Crippen molar-refractivity contribution in [2.75, 3.05) is 57.4 Å². The van der Waals surface area contributed by atoms with E-state index < -0.39 is 0 Å². The molecule has 1 atom stereocenters. The summed E-state index contributed by atoms with van der Waals surface area (Å²) in [4.78, 5) is 17.1. The molecule has 0 radical (unpaired) electrons. The molecule has 9 heteroatoms. The lowest BCUT2D eigenvalue weighted by molar-refractivity contribution is -0.132. The molecule has 0 unspecified atom stereocenters.